The van der Waals surface area contributed by atoms with Gasteiger partial charge in [0.15, 0.2) is 0 Å². The van der Waals surface area contributed by atoms with E-state index in [-0.39, 0.29) is 17.4 Å². The van der Waals surface area contributed by atoms with Gasteiger partial charge in [-0.15, -0.1) is 0 Å². The Labute approximate surface area is 117 Å². The van der Waals surface area contributed by atoms with E-state index in [1.807, 2.05) is 6.07 Å². The Morgan fingerprint density at radius 2 is 1.95 bits per heavy atom. The summed E-state index contributed by atoms with van der Waals surface area (Å²) < 4.78 is 13.5. The normalized spacial score (nSPS) is 13.4. The van der Waals surface area contributed by atoms with Gasteiger partial charge in [-0.2, -0.15) is 0 Å². The molecule has 0 aliphatic rings. The van der Waals surface area contributed by atoms with E-state index in [9.17, 15) is 4.39 Å². The molecule has 3 heteroatoms. The molecule has 19 heavy (non-hydrogen) atoms. The smallest absolute Gasteiger partial charge is 0.123 e. The maximum Gasteiger partial charge on any atom is 0.123 e. The molecule has 1 atom stereocenters. The number of rotatable bonds is 6. The van der Waals surface area contributed by atoms with E-state index < -0.39 is 0 Å². The van der Waals surface area contributed by atoms with Crippen molar-refractivity contribution in [3.63, 3.8) is 0 Å². The monoisotopic (exact) mass is 266 g/mol. The predicted molar refractivity (Wildman–Crippen MR) is 81.3 cm³/mol. The van der Waals surface area contributed by atoms with Crippen LogP contribution in [0.2, 0.25) is 0 Å². The van der Waals surface area contributed by atoms with Crippen molar-refractivity contribution in [3.8, 4) is 0 Å². The van der Waals surface area contributed by atoms with Crippen LogP contribution in [-0.4, -0.2) is 19.1 Å². The maximum absolute atomic E-state index is 13.5. The van der Waals surface area contributed by atoms with Gasteiger partial charge in [-0.3, -0.25) is 0 Å². The van der Waals surface area contributed by atoms with Gasteiger partial charge in [0, 0.05) is 24.3 Å². The summed E-state index contributed by atoms with van der Waals surface area (Å²) in [5.74, 6) is -0.175. The summed E-state index contributed by atoms with van der Waals surface area (Å²) in [5.41, 5.74) is 2.17. The van der Waals surface area contributed by atoms with Crippen LogP contribution in [0.15, 0.2) is 18.2 Å². The minimum atomic E-state index is -0.175. The summed E-state index contributed by atoms with van der Waals surface area (Å²) >= 11 is 0. The van der Waals surface area contributed by atoms with Crippen molar-refractivity contribution >= 4 is 5.69 Å². The first-order valence-corrected chi connectivity index (χ1v) is 7.10. The maximum atomic E-state index is 13.5. The highest BCUT2D eigenvalue weighted by Gasteiger charge is 2.24. The van der Waals surface area contributed by atoms with Crippen LogP contribution in [0.5, 0.6) is 0 Å². The number of halogens is 1. The lowest BCUT2D eigenvalue weighted by Gasteiger charge is -2.38. The molecular weight excluding hydrogens is 239 g/mol. The number of nitrogens with zero attached hydrogens (tertiary/aromatic N) is 1. The van der Waals surface area contributed by atoms with Crippen molar-refractivity contribution in [2.24, 2.45) is 0 Å². The molecule has 0 aliphatic carbocycles. The average molecular weight is 266 g/mol. The molecule has 2 nitrogen and oxygen atoms in total. The molecule has 0 aliphatic heterocycles. The second-order valence-corrected chi connectivity index (χ2v) is 5.71. The van der Waals surface area contributed by atoms with Gasteiger partial charge in [-0.05, 0) is 57.5 Å². The summed E-state index contributed by atoms with van der Waals surface area (Å²) in [7, 11) is 2.08. The first-order chi connectivity index (χ1) is 8.83. The molecule has 1 aromatic rings. The van der Waals surface area contributed by atoms with E-state index in [1.165, 1.54) is 0 Å². The van der Waals surface area contributed by atoms with Crippen molar-refractivity contribution in [2.45, 2.75) is 52.6 Å². The summed E-state index contributed by atoms with van der Waals surface area (Å²) in [5, 5.41) is 3.36. The zero-order valence-corrected chi connectivity index (χ0v) is 13.0. The van der Waals surface area contributed by atoms with E-state index in [0.717, 1.165) is 24.2 Å². The Morgan fingerprint density at radius 1 is 1.32 bits per heavy atom. The van der Waals surface area contributed by atoms with Crippen LogP contribution in [0, 0.1) is 5.82 Å². The molecule has 1 N–H and O–H groups in total. The van der Waals surface area contributed by atoms with Crippen LogP contribution >= 0.6 is 0 Å². The van der Waals surface area contributed by atoms with E-state index in [2.05, 4.69) is 51.9 Å². The lowest BCUT2D eigenvalue weighted by molar-refractivity contribution is 0.466. The second-order valence-electron chi connectivity index (χ2n) is 5.71. The van der Waals surface area contributed by atoms with Crippen LogP contribution in [0.3, 0.4) is 0 Å². The largest absolute Gasteiger partial charge is 0.369 e. The number of benzene rings is 1. The van der Waals surface area contributed by atoms with Crippen molar-refractivity contribution in [2.75, 3.05) is 18.5 Å². The molecule has 0 saturated heterocycles. The molecule has 1 aromatic carbocycles. The Bertz CT molecular complexity index is 415. The van der Waals surface area contributed by atoms with Gasteiger partial charge in [-0.1, -0.05) is 13.8 Å². The summed E-state index contributed by atoms with van der Waals surface area (Å²) in [6.45, 7) is 11.6. The third-order valence-electron chi connectivity index (χ3n) is 4.10. The Hall–Kier alpha value is -1.09. The molecule has 1 unspecified atom stereocenters. The molecule has 108 valence electrons. The van der Waals surface area contributed by atoms with Crippen LogP contribution in [0.25, 0.3) is 0 Å². The Balaban J connectivity index is 3.20. The summed E-state index contributed by atoms with van der Waals surface area (Å²) in [6.07, 6.45) is 1.04. The molecule has 0 radical (unpaired) electrons. The van der Waals surface area contributed by atoms with Gasteiger partial charge >= 0.3 is 0 Å². The molecule has 0 spiro atoms. The van der Waals surface area contributed by atoms with Crippen molar-refractivity contribution in [3.05, 3.63) is 29.6 Å². The van der Waals surface area contributed by atoms with Crippen molar-refractivity contribution < 1.29 is 4.39 Å². The lowest BCUT2D eigenvalue weighted by atomic mass is 9.96. The topological polar surface area (TPSA) is 15.3 Å². The van der Waals surface area contributed by atoms with Crippen LogP contribution in [0.4, 0.5) is 10.1 Å². The summed E-state index contributed by atoms with van der Waals surface area (Å²) in [4.78, 5) is 2.25. The van der Waals surface area contributed by atoms with Crippen molar-refractivity contribution in [1.82, 2.24) is 5.32 Å². The molecule has 0 saturated carbocycles. The quantitative estimate of drug-likeness (QED) is 0.833. The molecule has 0 amide bonds. The number of anilines is 1. The third kappa shape index (κ3) is 3.69. The standard InChI is InChI=1S/C16H27FN2/c1-7-16(4,5)19(6)15-10-9-13(17)11-14(15)12(3)18-8-2/h9-12,18H,7-8H2,1-6H3. The molecule has 0 aromatic heterocycles. The average Bonchev–Trinajstić information content (AvgIpc) is 2.38. The highest BCUT2D eigenvalue weighted by molar-refractivity contribution is 5.56. The summed E-state index contributed by atoms with van der Waals surface area (Å²) in [6, 6.07) is 5.21. The molecule has 0 heterocycles. The van der Waals surface area contributed by atoms with E-state index in [4.69, 9.17) is 0 Å². The minimum Gasteiger partial charge on any atom is -0.369 e. The van der Waals surface area contributed by atoms with Crippen LogP contribution in [-0.2, 0) is 0 Å². The number of hydrogen-bond donors (Lipinski definition) is 1. The van der Waals surface area contributed by atoms with Crippen molar-refractivity contribution in [1.29, 1.82) is 0 Å². The van der Waals surface area contributed by atoms with Gasteiger partial charge in [0.1, 0.15) is 5.82 Å². The van der Waals surface area contributed by atoms with Gasteiger partial charge in [-0.25, -0.2) is 4.39 Å². The van der Waals surface area contributed by atoms with Gasteiger partial charge in [0.05, 0.1) is 0 Å². The zero-order valence-electron chi connectivity index (χ0n) is 13.0. The fourth-order valence-corrected chi connectivity index (χ4v) is 2.16. The van der Waals surface area contributed by atoms with Gasteiger partial charge in [0.2, 0.25) is 0 Å². The first-order valence-electron chi connectivity index (χ1n) is 7.10. The SMILES string of the molecule is CCNC(C)c1cc(F)ccc1N(C)C(C)(C)CC. The fraction of sp³-hybridized carbons (Fsp3) is 0.625. The highest BCUT2D eigenvalue weighted by atomic mass is 19.1. The Kier molecular flexibility index (Phi) is 5.36. The number of nitrogens with one attached hydrogen (secondary N) is 1. The molecule has 1 rings (SSSR count). The predicted octanol–water partition coefficient (Wildman–Crippen LogP) is 4.12. The van der Waals surface area contributed by atoms with Gasteiger partial charge in [0.25, 0.3) is 0 Å². The van der Waals surface area contributed by atoms with E-state index in [0.29, 0.717) is 0 Å². The fourth-order valence-electron chi connectivity index (χ4n) is 2.16. The molecule has 0 bridgehead atoms. The first kappa shape index (κ1) is 16.0. The minimum absolute atomic E-state index is 0.0541. The van der Waals surface area contributed by atoms with Gasteiger partial charge < -0.3 is 10.2 Å². The lowest BCUT2D eigenvalue weighted by Crippen LogP contribution is -2.41. The van der Waals surface area contributed by atoms with E-state index >= 15 is 0 Å². The Morgan fingerprint density at radius 3 is 2.47 bits per heavy atom. The third-order valence-corrected chi connectivity index (χ3v) is 4.10. The highest BCUT2D eigenvalue weighted by Crippen LogP contribution is 2.32. The van der Waals surface area contributed by atoms with E-state index in [1.54, 1.807) is 12.1 Å². The molecular formula is C16H27FN2. The number of hydrogen-bond acceptors (Lipinski definition) is 2. The van der Waals surface area contributed by atoms with Crippen LogP contribution < -0.4 is 10.2 Å². The zero-order chi connectivity index (χ0) is 14.6. The second kappa shape index (κ2) is 6.38. The molecule has 0 fully saturated rings. The van der Waals surface area contributed by atoms with Crippen LogP contribution in [0.1, 0.15) is 52.6 Å².